The summed E-state index contributed by atoms with van der Waals surface area (Å²) in [5, 5.41) is 0. The summed E-state index contributed by atoms with van der Waals surface area (Å²) >= 11 is 0. The summed E-state index contributed by atoms with van der Waals surface area (Å²) < 4.78 is 11.6. The van der Waals surface area contributed by atoms with Gasteiger partial charge in [-0.3, -0.25) is 9.59 Å². The predicted molar refractivity (Wildman–Crippen MR) is 131 cm³/mol. The summed E-state index contributed by atoms with van der Waals surface area (Å²) in [5.74, 6) is 1.73. The van der Waals surface area contributed by atoms with Crippen LogP contribution in [0.2, 0.25) is 0 Å². The van der Waals surface area contributed by atoms with Gasteiger partial charge in [0.1, 0.15) is 17.6 Å². The Bertz CT molecular complexity index is 959. The number of piperazine rings is 1. The molecule has 2 saturated heterocycles. The van der Waals surface area contributed by atoms with Crippen LogP contribution in [-0.2, 0) is 16.0 Å². The highest BCUT2D eigenvalue weighted by Gasteiger charge is 2.35. The van der Waals surface area contributed by atoms with E-state index in [9.17, 15) is 9.59 Å². The lowest BCUT2D eigenvalue weighted by Crippen LogP contribution is -2.51. The summed E-state index contributed by atoms with van der Waals surface area (Å²) in [7, 11) is 3.71. The Hall–Kier alpha value is -3.06. The monoisotopic (exact) mass is 465 g/mol. The molecular weight excluding hydrogens is 430 g/mol. The van der Waals surface area contributed by atoms with Crippen molar-refractivity contribution >= 4 is 11.8 Å². The Morgan fingerprint density at radius 3 is 2.35 bits per heavy atom. The first kappa shape index (κ1) is 24.1. The number of methoxy groups -OCH3 is 1. The zero-order chi connectivity index (χ0) is 23.9. The second kappa shape index (κ2) is 11.4. The van der Waals surface area contributed by atoms with Crippen LogP contribution in [0.15, 0.2) is 54.6 Å². The minimum atomic E-state index is -0.0975. The first-order chi connectivity index (χ1) is 16.5. The maximum atomic E-state index is 13.1. The number of carbonyl (C=O) groups excluding carboxylic acids is 2. The maximum absolute atomic E-state index is 13.1. The lowest BCUT2D eigenvalue weighted by Gasteiger charge is -2.40. The van der Waals surface area contributed by atoms with E-state index >= 15 is 0 Å². The zero-order valence-corrected chi connectivity index (χ0v) is 20.2. The SMILES string of the molecule is COc1cccc(CC(=O)N2CC[C@H](Oc3ccccc3)[C@@H](CC(=O)N3CCN(C)CC3)C2)c1. The van der Waals surface area contributed by atoms with Gasteiger partial charge in [0.05, 0.1) is 13.5 Å². The molecule has 2 aliphatic heterocycles. The number of likely N-dealkylation sites (tertiary alicyclic amines) is 1. The Morgan fingerprint density at radius 2 is 1.62 bits per heavy atom. The van der Waals surface area contributed by atoms with Gasteiger partial charge in [0, 0.05) is 58.0 Å². The molecule has 0 spiro atoms. The van der Waals surface area contributed by atoms with Gasteiger partial charge in [-0.05, 0) is 36.9 Å². The lowest BCUT2D eigenvalue weighted by molar-refractivity contribution is -0.139. The number of hydrogen-bond donors (Lipinski definition) is 0. The summed E-state index contributed by atoms with van der Waals surface area (Å²) in [6.07, 6.45) is 1.32. The standard InChI is InChI=1S/C27H35N3O4/c1-28-13-15-29(16-14-28)27(32)19-22-20-30(12-11-25(22)34-23-8-4-3-5-9-23)26(31)18-21-7-6-10-24(17-21)33-2/h3-10,17,22,25H,11-16,18-20H2,1-2H3/t22-,25-/m0/s1. The van der Waals surface area contributed by atoms with Crippen LogP contribution in [0.3, 0.4) is 0 Å². The van der Waals surface area contributed by atoms with E-state index in [1.54, 1.807) is 7.11 Å². The molecule has 2 aromatic carbocycles. The smallest absolute Gasteiger partial charge is 0.227 e. The van der Waals surface area contributed by atoms with Crippen molar-refractivity contribution in [3.63, 3.8) is 0 Å². The van der Waals surface area contributed by atoms with Crippen LogP contribution in [0.4, 0.5) is 0 Å². The third kappa shape index (κ3) is 6.29. The number of ether oxygens (including phenoxy) is 2. The van der Waals surface area contributed by atoms with Crippen LogP contribution < -0.4 is 9.47 Å². The predicted octanol–water partition coefficient (Wildman–Crippen LogP) is 2.70. The molecule has 0 radical (unpaired) electrons. The normalized spacial score (nSPS) is 21.2. The molecule has 0 aliphatic carbocycles. The van der Waals surface area contributed by atoms with Gasteiger partial charge in [0.2, 0.25) is 11.8 Å². The molecule has 7 heteroatoms. The van der Waals surface area contributed by atoms with Crippen LogP contribution in [-0.4, -0.2) is 86.0 Å². The summed E-state index contributed by atoms with van der Waals surface area (Å²) in [5.41, 5.74) is 0.928. The van der Waals surface area contributed by atoms with Crippen LogP contribution in [0, 0.1) is 5.92 Å². The van der Waals surface area contributed by atoms with Crippen LogP contribution in [0.1, 0.15) is 18.4 Å². The average molecular weight is 466 g/mol. The van der Waals surface area contributed by atoms with Gasteiger partial charge >= 0.3 is 0 Å². The largest absolute Gasteiger partial charge is 0.497 e. The molecule has 2 aliphatic rings. The number of piperidine rings is 1. The fourth-order valence-corrected chi connectivity index (χ4v) is 4.74. The average Bonchev–Trinajstić information content (AvgIpc) is 2.86. The third-order valence-corrected chi connectivity index (χ3v) is 6.83. The maximum Gasteiger partial charge on any atom is 0.227 e. The summed E-state index contributed by atoms with van der Waals surface area (Å²) in [6, 6.07) is 17.4. The van der Waals surface area contributed by atoms with Crippen molar-refractivity contribution in [2.24, 2.45) is 5.92 Å². The van der Waals surface area contributed by atoms with Gasteiger partial charge in [-0.25, -0.2) is 0 Å². The Labute approximate surface area is 202 Å². The Morgan fingerprint density at radius 1 is 0.882 bits per heavy atom. The minimum absolute atomic E-state index is 0.0460. The molecule has 0 unspecified atom stereocenters. The fraction of sp³-hybridized carbons (Fsp3) is 0.481. The molecule has 2 fully saturated rings. The first-order valence-electron chi connectivity index (χ1n) is 12.1. The van der Waals surface area contributed by atoms with Crippen LogP contribution >= 0.6 is 0 Å². The summed E-state index contributed by atoms with van der Waals surface area (Å²) in [6.45, 7) is 4.45. The highest BCUT2D eigenvalue weighted by Crippen LogP contribution is 2.27. The second-order valence-corrected chi connectivity index (χ2v) is 9.27. The molecule has 7 nitrogen and oxygen atoms in total. The van der Waals surface area contributed by atoms with Crippen molar-refractivity contribution < 1.29 is 19.1 Å². The Balaban J connectivity index is 1.43. The van der Waals surface area contributed by atoms with Crippen LogP contribution in [0.5, 0.6) is 11.5 Å². The molecule has 0 bridgehead atoms. The molecule has 2 amide bonds. The number of benzene rings is 2. The fourth-order valence-electron chi connectivity index (χ4n) is 4.74. The number of nitrogens with zero attached hydrogens (tertiary/aromatic N) is 3. The number of amides is 2. The van der Waals surface area contributed by atoms with Crippen molar-refractivity contribution in [3.05, 3.63) is 60.2 Å². The van der Waals surface area contributed by atoms with E-state index in [0.29, 0.717) is 32.4 Å². The highest BCUT2D eigenvalue weighted by molar-refractivity contribution is 5.79. The molecule has 0 N–H and O–H groups in total. The van der Waals surface area contributed by atoms with E-state index in [4.69, 9.17) is 9.47 Å². The van der Waals surface area contributed by atoms with Gasteiger partial charge in [-0.15, -0.1) is 0 Å². The van der Waals surface area contributed by atoms with Crippen molar-refractivity contribution in [2.75, 3.05) is 53.4 Å². The quantitative estimate of drug-likeness (QED) is 0.629. The van der Waals surface area contributed by atoms with E-state index < -0.39 is 0 Å². The minimum Gasteiger partial charge on any atom is -0.497 e. The van der Waals surface area contributed by atoms with Gasteiger partial charge in [-0.1, -0.05) is 30.3 Å². The van der Waals surface area contributed by atoms with Crippen molar-refractivity contribution in [1.29, 1.82) is 0 Å². The van der Waals surface area contributed by atoms with E-state index in [2.05, 4.69) is 11.9 Å². The number of hydrogen-bond acceptors (Lipinski definition) is 5. The van der Waals surface area contributed by atoms with Gasteiger partial charge < -0.3 is 24.2 Å². The van der Waals surface area contributed by atoms with E-state index in [0.717, 1.165) is 43.2 Å². The number of likely N-dealkylation sites (N-methyl/N-ethyl adjacent to an activating group) is 1. The van der Waals surface area contributed by atoms with E-state index in [1.165, 1.54) is 0 Å². The molecule has 2 heterocycles. The van der Waals surface area contributed by atoms with Crippen molar-refractivity contribution in [1.82, 2.24) is 14.7 Å². The topological polar surface area (TPSA) is 62.3 Å². The summed E-state index contributed by atoms with van der Waals surface area (Å²) in [4.78, 5) is 32.4. The molecule has 2 atom stereocenters. The number of carbonyl (C=O) groups is 2. The molecule has 0 aromatic heterocycles. The van der Waals surface area contributed by atoms with Gasteiger partial charge in [-0.2, -0.15) is 0 Å². The molecule has 2 aromatic rings. The molecule has 182 valence electrons. The van der Waals surface area contributed by atoms with Gasteiger partial charge in [0.25, 0.3) is 0 Å². The van der Waals surface area contributed by atoms with E-state index in [1.807, 2.05) is 64.4 Å². The van der Waals surface area contributed by atoms with Crippen molar-refractivity contribution in [3.8, 4) is 11.5 Å². The second-order valence-electron chi connectivity index (χ2n) is 9.27. The van der Waals surface area contributed by atoms with E-state index in [-0.39, 0.29) is 23.8 Å². The molecule has 34 heavy (non-hydrogen) atoms. The third-order valence-electron chi connectivity index (χ3n) is 6.83. The van der Waals surface area contributed by atoms with Crippen molar-refractivity contribution in [2.45, 2.75) is 25.4 Å². The van der Waals surface area contributed by atoms with Gasteiger partial charge in [0.15, 0.2) is 0 Å². The Kier molecular flexibility index (Phi) is 8.06. The number of rotatable bonds is 7. The highest BCUT2D eigenvalue weighted by atomic mass is 16.5. The number of para-hydroxylation sites is 1. The first-order valence-corrected chi connectivity index (χ1v) is 12.1. The molecule has 0 saturated carbocycles. The lowest BCUT2D eigenvalue weighted by atomic mass is 9.90. The van der Waals surface area contributed by atoms with Crippen LogP contribution in [0.25, 0.3) is 0 Å². The molecular formula is C27H35N3O4. The zero-order valence-electron chi connectivity index (χ0n) is 20.2. The molecule has 4 rings (SSSR count).